The van der Waals surface area contributed by atoms with Crippen LogP contribution in [0.3, 0.4) is 0 Å². The molecule has 0 unspecified atom stereocenters. The fraction of sp³-hybridized carbons (Fsp3) is 0.231. The molecule has 3 nitrogen and oxygen atoms in total. The Morgan fingerprint density at radius 1 is 1.35 bits per heavy atom. The largest absolute Gasteiger partial charge is 0.310 e. The number of thioether (sulfide) groups is 1. The van der Waals surface area contributed by atoms with Crippen molar-refractivity contribution in [2.24, 2.45) is 0 Å². The molecule has 0 saturated carbocycles. The molecule has 0 N–H and O–H groups in total. The molecule has 0 fully saturated rings. The van der Waals surface area contributed by atoms with Crippen LogP contribution >= 0.6 is 11.8 Å². The quantitative estimate of drug-likeness (QED) is 0.769. The lowest BCUT2D eigenvalue weighted by Gasteiger charge is -2.20. The first-order chi connectivity index (χ1) is 8.16. The molecule has 1 aromatic carbocycles. The summed E-state index contributed by atoms with van der Waals surface area (Å²) in [4.78, 5) is 24.9. The minimum Gasteiger partial charge on any atom is -0.310 e. The third-order valence-electron chi connectivity index (χ3n) is 2.55. The average molecular weight is 247 g/mol. The number of aryl methyl sites for hydroxylation is 1. The predicted octanol–water partition coefficient (Wildman–Crippen LogP) is 2.22. The normalized spacial score (nSPS) is 15.1. The summed E-state index contributed by atoms with van der Waals surface area (Å²) < 4.78 is 0. The van der Waals surface area contributed by atoms with E-state index < -0.39 is 0 Å². The van der Waals surface area contributed by atoms with Gasteiger partial charge in [-0.05, 0) is 12.3 Å². The third kappa shape index (κ3) is 2.97. The number of carbonyl (C=O) groups excluding carboxylic acids is 2. The van der Waals surface area contributed by atoms with Crippen molar-refractivity contribution in [2.75, 3.05) is 12.3 Å². The van der Waals surface area contributed by atoms with Crippen LogP contribution in [0.5, 0.6) is 0 Å². The van der Waals surface area contributed by atoms with Gasteiger partial charge in [-0.3, -0.25) is 9.59 Å². The zero-order valence-electron chi connectivity index (χ0n) is 9.55. The van der Waals surface area contributed by atoms with Crippen molar-refractivity contribution in [3.05, 3.63) is 47.0 Å². The van der Waals surface area contributed by atoms with E-state index in [0.29, 0.717) is 11.3 Å². The Balaban J connectivity index is 2.06. The molecule has 0 spiro atoms. The minimum absolute atomic E-state index is 0.0158. The summed E-state index contributed by atoms with van der Waals surface area (Å²) in [5.41, 5.74) is 1.77. The van der Waals surface area contributed by atoms with Gasteiger partial charge in [0.1, 0.15) is 0 Å². The Bertz CT molecular complexity index is 465. The highest BCUT2D eigenvalue weighted by molar-refractivity contribution is 8.02. The molecular weight excluding hydrogens is 234 g/mol. The Labute approximate surface area is 104 Å². The first kappa shape index (κ1) is 11.9. The number of amides is 1. The topological polar surface area (TPSA) is 37.4 Å². The first-order valence-electron chi connectivity index (χ1n) is 5.34. The van der Waals surface area contributed by atoms with Gasteiger partial charge in [-0.25, -0.2) is 0 Å². The van der Waals surface area contributed by atoms with Gasteiger partial charge in [-0.1, -0.05) is 29.8 Å². The summed E-state index contributed by atoms with van der Waals surface area (Å²) in [7, 11) is 0. The average Bonchev–Trinajstić information content (AvgIpc) is 2.33. The van der Waals surface area contributed by atoms with Crippen LogP contribution < -0.4 is 0 Å². The second-order valence-corrected chi connectivity index (χ2v) is 4.80. The van der Waals surface area contributed by atoms with Gasteiger partial charge in [0, 0.05) is 11.8 Å². The molecule has 0 bridgehead atoms. The number of Topliss-reactive ketones (excluding diaryl/α,β-unsaturated/α-hetero) is 1. The van der Waals surface area contributed by atoms with E-state index in [-0.39, 0.29) is 18.2 Å². The van der Waals surface area contributed by atoms with Crippen molar-refractivity contribution in [1.29, 1.82) is 0 Å². The molecule has 2 rings (SSSR count). The number of rotatable bonds is 3. The summed E-state index contributed by atoms with van der Waals surface area (Å²) in [6.45, 7) is 2.10. The Kier molecular flexibility index (Phi) is 3.64. The van der Waals surface area contributed by atoms with E-state index in [2.05, 4.69) is 0 Å². The molecule has 1 heterocycles. The Morgan fingerprint density at radius 3 is 2.71 bits per heavy atom. The number of hydrogen-bond acceptors (Lipinski definition) is 3. The lowest BCUT2D eigenvalue weighted by Crippen LogP contribution is -2.33. The van der Waals surface area contributed by atoms with Crippen LogP contribution in [0, 0.1) is 6.92 Å². The van der Waals surface area contributed by atoms with E-state index in [4.69, 9.17) is 0 Å². The van der Waals surface area contributed by atoms with Crippen molar-refractivity contribution in [3.8, 4) is 0 Å². The molecule has 4 heteroatoms. The second kappa shape index (κ2) is 5.19. The third-order valence-corrected chi connectivity index (χ3v) is 3.28. The molecule has 0 saturated heterocycles. The number of nitrogens with zero attached hydrogens (tertiary/aromatic N) is 1. The first-order valence-corrected chi connectivity index (χ1v) is 6.39. The standard InChI is InChI=1S/C13H13NO2S/c1-10-2-4-11(5-3-10)12(15)8-14-6-7-17-9-13(14)16/h2-7H,8-9H2,1H3. The van der Waals surface area contributed by atoms with E-state index >= 15 is 0 Å². The summed E-state index contributed by atoms with van der Waals surface area (Å²) in [6, 6.07) is 7.39. The lowest BCUT2D eigenvalue weighted by atomic mass is 10.1. The molecule has 0 radical (unpaired) electrons. The van der Waals surface area contributed by atoms with E-state index in [9.17, 15) is 9.59 Å². The highest BCUT2D eigenvalue weighted by Gasteiger charge is 2.18. The number of carbonyl (C=O) groups is 2. The molecule has 1 aromatic rings. The minimum atomic E-state index is -0.0325. The summed E-state index contributed by atoms with van der Waals surface area (Å²) >= 11 is 1.45. The van der Waals surface area contributed by atoms with Crippen LogP contribution in [-0.4, -0.2) is 28.9 Å². The predicted molar refractivity (Wildman–Crippen MR) is 68.8 cm³/mol. The van der Waals surface area contributed by atoms with Crippen LogP contribution in [0.2, 0.25) is 0 Å². The Hall–Kier alpha value is -1.55. The number of benzene rings is 1. The monoisotopic (exact) mass is 247 g/mol. The van der Waals surface area contributed by atoms with Crippen molar-refractivity contribution < 1.29 is 9.59 Å². The van der Waals surface area contributed by atoms with E-state index in [1.807, 2.05) is 24.5 Å². The molecule has 88 valence electrons. The fourth-order valence-electron chi connectivity index (χ4n) is 1.53. The number of hydrogen-bond donors (Lipinski definition) is 0. The highest BCUT2D eigenvalue weighted by atomic mass is 32.2. The zero-order chi connectivity index (χ0) is 12.3. The van der Waals surface area contributed by atoms with Crippen molar-refractivity contribution in [1.82, 2.24) is 4.90 Å². The highest BCUT2D eigenvalue weighted by Crippen LogP contribution is 2.13. The van der Waals surface area contributed by atoms with Crippen LogP contribution in [0.15, 0.2) is 35.9 Å². The van der Waals surface area contributed by atoms with Crippen molar-refractivity contribution in [2.45, 2.75) is 6.92 Å². The Morgan fingerprint density at radius 2 is 2.06 bits per heavy atom. The van der Waals surface area contributed by atoms with Crippen molar-refractivity contribution in [3.63, 3.8) is 0 Å². The van der Waals surface area contributed by atoms with Crippen LogP contribution in [0.1, 0.15) is 15.9 Å². The fourth-order valence-corrected chi connectivity index (χ4v) is 2.17. The van der Waals surface area contributed by atoms with E-state index in [0.717, 1.165) is 5.56 Å². The van der Waals surface area contributed by atoms with Crippen molar-refractivity contribution >= 4 is 23.5 Å². The SMILES string of the molecule is Cc1ccc(C(=O)CN2C=CSCC2=O)cc1. The maximum atomic E-state index is 11.9. The molecule has 0 aliphatic carbocycles. The van der Waals surface area contributed by atoms with Gasteiger partial charge in [-0.15, -0.1) is 11.8 Å². The van der Waals surface area contributed by atoms with E-state index in [1.165, 1.54) is 16.7 Å². The second-order valence-electron chi connectivity index (χ2n) is 3.91. The molecule has 0 aromatic heterocycles. The van der Waals surface area contributed by atoms with Gasteiger partial charge < -0.3 is 4.90 Å². The summed E-state index contributed by atoms with van der Waals surface area (Å²) in [5.74, 6) is 0.366. The molecule has 17 heavy (non-hydrogen) atoms. The molecular formula is C13H13NO2S. The van der Waals surface area contributed by atoms with Crippen LogP contribution in [0.4, 0.5) is 0 Å². The van der Waals surface area contributed by atoms with Crippen LogP contribution in [-0.2, 0) is 4.79 Å². The van der Waals surface area contributed by atoms with Gasteiger partial charge in [0.25, 0.3) is 0 Å². The molecule has 1 aliphatic heterocycles. The van der Waals surface area contributed by atoms with Gasteiger partial charge in [0.05, 0.1) is 12.3 Å². The maximum absolute atomic E-state index is 11.9. The molecule has 1 aliphatic rings. The zero-order valence-corrected chi connectivity index (χ0v) is 10.4. The van der Waals surface area contributed by atoms with Gasteiger partial charge in [0.15, 0.2) is 5.78 Å². The lowest BCUT2D eigenvalue weighted by molar-refractivity contribution is -0.125. The van der Waals surface area contributed by atoms with Crippen LogP contribution in [0.25, 0.3) is 0 Å². The maximum Gasteiger partial charge on any atom is 0.237 e. The molecule has 1 amide bonds. The summed E-state index contributed by atoms with van der Waals surface area (Å²) in [5, 5.41) is 1.84. The summed E-state index contributed by atoms with van der Waals surface area (Å²) in [6.07, 6.45) is 1.67. The van der Waals surface area contributed by atoms with E-state index in [1.54, 1.807) is 18.3 Å². The van der Waals surface area contributed by atoms with Gasteiger partial charge >= 0.3 is 0 Å². The van der Waals surface area contributed by atoms with Gasteiger partial charge in [0.2, 0.25) is 5.91 Å². The number of ketones is 1. The molecule has 0 atom stereocenters. The smallest absolute Gasteiger partial charge is 0.237 e. The van der Waals surface area contributed by atoms with Gasteiger partial charge in [-0.2, -0.15) is 0 Å².